The van der Waals surface area contributed by atoms with Gasteiger partial charge in [-0.25, -0.2) is 0 Å². The van der Waals surface area contributed by atoms with Crippen molar-refractivity contribution in [2.75, 3.05) is 0 Å². The summed E-state index contributed by atoms with van der Waals surface area (Å²) in [5.74, 6) is 0.471. The highest BCUT2D eigenvalue weighted by atomic mass is 16.5. The van der Waals surface area contributed by atoms with Crippen molar-refractivity contribution in [3.63, 3.8) is 0 Å². The summed E-state index contributed by atoms with van der Waals surface area (Å²) in [7, 11) is 0. The zero-order chi connectivity index (χ0) is 12.7. The summed E-state index contributed by atoms with van der Waals surface area (Å²) < 4.78 is 5.38. The predicted octanol–water partition coefficient (Wildman–Crippen LogP) is 3.49. The van der Waals surface area contributed by atoms with Gasteiger partial charge in [-0.15, -0.1) is 0 Å². The molecule has 0 fully saturated rings. The number of carbonyl (C=O) groups excluding carboxylic acids is 1. The van der Waals surface area contributed by atoms with E-state index in [1.54, 1.807) is 0 Å². The molecule has 90 valence electrons. The molecular weight excluding hydrogens is 224 g/mol. The first-order valence-electron chi connectivity index (χ1n) is 6.06. The van der Waals surface area contributed by atoms with Crippen molar-refractivity contribution in [3.05, 3.63) is 53.1 Å². The Morgan fingerprint density at radius 3 is 2.67 bits per heavy atom. The van der Waals surface area contributed by atoms with Crippen LogP contribution in [0.3, 0.4) is 0 Å². The molecule has 0 saturated carbocycles. The molecule has 2 aromatic carbocycles. The maximum Gasteiger partial charge on any atom is 0.308 e. The topological polar surface area (TPSA) is 26.3 Å². The molecule has 0 unspecified atom stereocenters. The summed E-state index contributed by atoms with van der Waals surface area (Å²) in [4.78, 5) is 11.2. The third-order valence-electron chi connectivity index (χ3n) is 3.38. The number of hydrogen-bond acceptors (Lipinski definition) is 2. The Balaban J connectivity index is 2.19. The van der Waals surface area contributed by atoms with Gasteiger partial charge in [0, 0.05) is 18.9 Å². The number of fused-ring (bicyclic) bond motifs is 3. The number of hydrogen-bond donors (Lipinski definition) is 0. The lowest BCUT2D eigenvalue weighted by Gasteiger charge is -2.11. The van der Waals surface area contributed by atoms with E-state index >= 15 is 0 Å². The van der Waals surface area contributed by atoms with Crippen LogP contribution in [0.1, 0.15) is 23.6 Å². The first-order chi connectivity index (χ1) is 8.66. The van der Waals surface area contributed by atoms with Crippen molar-refractivity contribution in [2.24, 2.45) is 0 Å². The maximum atomic E-state index is 11.2. The molecule has 2 heteroatoms. The van der Waals surface area contributed by atoms with Crippen LogP contribution in [0.15, 0.2) is 36.4 Å². The molecule has 0 atom stereocenters. The van der Waals surface area contributed by atoms with Crippen LogP contribution in [0.5, 0.6) is 5.75 Å². The molecule has 0 heterocycles. The normalized spacial score (nSPS) is 11.9. The van der Waals surface area contributed by atoms with Crippen molar-refractivity contribution in [2.45, 2.75) is 20.3 Å². The third-order valence-corrected chi connectivity index (χ3v) is 3.38. The lowest BCUT2D eigenvalue weighted by molar-refractivity contribution is -0.131. The molecule has 1 aliphatic rings. The van der Waals surface area contributed by atoms with Crippen LogP contribution in [0.4, 0.5) is 0 Å². The Hall–Kier alpha value is -2.09. The predicted molar refractivity (Wildman–Crippen MR) is 70.7 cm³/mol. The zero-order valence-corrected chi connectivity index (χ0v) is 10.5. The SMILES string of the molecule is CC(=O)Oc1c(C)ccc2c1Cc1ccccc1-2. The fourth-order valence-electron chi connectivity index (χ4n) is 2.59. The average Bonchev–Trinajstić information content (AvgIpc) is 2.71. The minimum atomic E-state index is -0.262. The van der Waals surface area contributed by atoms with Crippen LogP contribution in [0.2, 0.25) is 0 Å². The van der Waals surface area contributed by atoms with Crippen molar-refractivity contribution in [1.82, 2.24) is 0 Å². The molecule has 0 saturated heterocycles. The van der Waals surface area contributed by atoms with Crippen molar-refractivity contribution in [1.29, 1.82) is 0 Å². The minimum Gasteiger partial charge on any atom is -0.426 e. The van der Waals surface area contributed by atoms with Gasteiger partial charge >= 0.3 is 5.97 Å². The Morgan fingerprint density at radius 2 is 1.89 bits per heavy atom. The molecule has 0 radical (unpaired) electrons. The fourth-order valence-corrected chi connectivity index (χ4v) is 2.59. The molecule has 1 aliphatic carbocycles. The van der Waals surface area contributed by atoms with Crippen LogP contribution in [-0.2, 0) is 11.2 Å². The first-order valence-corrected chi connectivity index (χ1v) is 6.06. The van der Waals surface area contributed by atoms with Gasteiger partial charge in [0.25, 0.3) is 0 Å². The molecule has 2 aromatic rings. The van der Waals surface area contributed by atoms with Gasteiger partial charge in [-0.05, 0) is 29.2 Å². The zero-order valence-electron chi connectivity index (χ0n) is 10.5. The number of benzene rings is 2. The second kappa shape index (κ2) is 3.98. The summed E-state index contributed by atoms with van der Waals surface area (Å²) in [5, 5.41) is 0. The van der Waals surface area contributed by atoms with Gasteiger partial charge in [0.05, 0.1) is 0 Å². The van der Waals surface area contributed by atoms with Crippen LogP contribution >= 0.6 is 0 Å². The minimum absolute atomic E-state index is 0.262. The van der Waals surface area contributed by atoms with Crippen molar-refractivity contribution >= 4 is 5.97 Å². The van der Waals surface area contributed by atoms with E-state index < -0.39 is 0 Å². The lowest BCUT2D eigenvalue weighted by Crippen LogP contribution is -2.05. The Bertz CT molecular complexity index is 642. The second-order valence-electron chi connectivity index (χ2n) is 4.67. The number of rotatable bonds is 1. The van der Waals surface area contributed by atoms with Crippen molar-refractivity contribution in [3.8, 4) is 16.9 Å². The van der Waals surface area contributed by atoms with E-state index in [4.69, 9.17) is 4.74 Å². The number of carbonyl (C=O) groups is 1. The average molecular weight is 238 g/mol. The summed E-state index contributed by atoms with van der Waals surface area (Å²) in [5.41, 5.74) is 5.88. The molecule has 0 bridgehead atoms. The Morgan fingerprint density at radius 1 is 1.11 bits per heavy atom. The summed E-state index contributed by atoms with van der Waals surface area (Å²) >= 11 is 0. The Labute approximate surface area is 106 Å². The van der Waals surface area contributed by atoms with Gasteiger partial charge in [-0.2, -0.15) is 0 Å². The molecule has 0 amide bonds. The van der Waals surface area contributed by atoms with Gasteiger partial charge < -0.3 is 4.74 Å². The fraction of sp³-hybridized carbons (Fsp3) is 0.188. The quantitative estimate of drug-likeness (QED) is 0.479. The number of aryl methyl sites for hydroxylation is 1. The number of esters is 1. The van der Waals surface area contributed by atoms with E-state index in [1.165, 1.54) is 23.6 Å². The van der Waals surface area contributed by atoms with Crippen LogP contribution < -0.4 is 4.74 Å². The summed E-state index contributed by atoms with van der Waals surface area (Å²) in [6, 6.07) is 12.5. The van der Waals surface area contributed by atoms with Gasteiger partial charge in [0.15, 0.2) is 0 Å². The molecule has 0 spiro atoms. The smallest absolute Gasteiger partial charge is 0.308 e. The van der Waals surface area contributed by atoms with Gasteiger partial charge in [-0.1, -0.05) is 36.4 Å². The molecular formula is C16H14O2. The monoisotopic (exact) mass is 238 g/mol. The van der Waals surface area contributed by atoms with Crippen LogP contribution in [-0.4, -0.2) is 5.97 Å². The third kappa shape index (κ3) is 1.61. The van der Waals surface area contributed by atoms with E-state index in [0.717, 1.165) is 23.3 Å². The second-order valence-corrected chi connectivity index (χ2v) is 4.67. The molecule has 0 aromatic heterocycles. The van der Waals surface area contributed by atoms with E-state index in [0.29, 0.717) is 0 Å². The van der Waals surface area contributed by atoms with E-state index in [-0.39, 0.29) is 5.97 Å². The maximum absolute atomic E-state index is 11.2. The summed E-state index contributed by atoms with van der Waals surface area (Å²) in [6.45, 7) is 3.42. The lowest BCUT2D eigenvalue weighted by atomic mass is 10.0. The standard InChI is InChI=1S/C16H14O2/c1-10-7-8-14-13-6-4-3-5-12(13)9-15(14)16(10)18-11(2)17/h3-8H,9H2,1-2H3. The highest BCUT2D eigenvalue weighted by Gasteiger charge is 2.23. The van der Waals surface area contributed by atoms with Crippen LogP contribution in [0, 0.1) is 6.92 Å². The molecule has 2 nitrogen and oxygen atoms in total. The molecule has 18 heavy (non-hydrogen) atoms. The molecule has 0 N–H and O–H groups in total. The first kappa shape index (κ1) is 11.0. The number of ether oxygens (including phenoxy) is 1. The molecule has 3 rings (SSSR count). The van der Waals surface area contributed by atoms with E-state index in [2.05, 4.69) is 18.2 Å². The van der Waals surface area contributed by atoms with Gasteiger partial charge in [0.1, 0.15) is 5.75 Å². The highest BCUT2D eigenvalue weighted by Crippen LogP contribution is 2.42. The highest BCUT2D eigenvalue weighted by molar-refractivity contribution is 5.81. The van der Waals surface area contributed by atoms with Crippen molar-refractivity contribution < 1.29 is 9.53 Å². The van der Waals surface area contributed by atoms with E-state index in [1.807, 2.05) is 25.1 Å². The Kier molecular flexibility index (Phi) is 2.44. The van der Waals surface area contributed by atoms with E-state index in [9.17, 15) is 4.79 Å². The van der Waals surface area contributed by atoms with Gasteiger partial charge in [0.2, 0.25) is 0 Å². The van der Waals surface area contributed by atoms with Crippen LogP contribution in [0.25, 0.3) is 11.1 Å². The largest absolute Gasteiger partial charge is 0.426 e. The van der Waals surface area contributed by atoms with Gasteiger partial charge in [-0.3, -0.25) is 4.79 Å². The summed E-state index contributed by atoms with van der Waals surface area (Å²) in [6.07, 6.45) is 0.843. The molecule has 0 aliphatic heterocycles.